The largest absolute Gasteiger partial charge is 0.508 e. The molecule has 1 unspecified atom stereocenters. The lowest BCUT2D eigenvalue weighted by atomic mass is 9.97. The van der Waals surface area contributed by atoms with E-state index in [1.54, 1.807) is 0 Å². The van der Waals surface area contributed by atoms with Gasteiger partial charge in [-0.2, -0.15) is 0 Å². The minimum atomic E-state index is -1.54. The van der Waals surface area contributed by atoms with Gasteiger partial charge in [0.2, 0.25) is 0 Å². The van der Waals surface area contributed by atoms with E-state index in [-0.39, 0.29) is 0 Å². The summed E-state index contributed by atoms with van der Waals surface area (Å²) in [7, 11) is -1.54. The van der Waals surface area contributed by atoms with Crippen LogP contribution in [0.5, 0.6) is 5.75 Å². The Morgan fingerprint density at radius 1 is 1.20 bits per heavy atom. The lowest BCUT2D eigenvalue weighted by Crippen LogP contribution is -2.20. The molecule has 1 aromatic rings. The van der Waals surface area contributed by atoms with Crippen molar-refractivity contribution in [3.05, 3.63) is 29.8 Å². The predicted molar refractivity (Wildman–Crippen MR) is 81.7 cm³/mol. The molecule has 0 heterocycles. The number of para-hydroxylation sites is 1. The number of benzene rings is 1. The van der Waals surface area contributed by atoms with E-state index in [0.717, 1.165) is 30.6 Å². The number of aryl methyl sites for hydroxylation is 1. The first-order valence-electron chi connectivity index (χ1n) is 7.61. The highest BCUT2D eigenvalue weighted by Gasteiger charge is 2.19. The number of ether oxygens (including phenoxy) is 1. The van der Waals surface area contributed by atoms with E-state index in [1.807, 2.05) is 25.1 Å². The summed E-state index contributed by atoms with van der Waals surface area (Å²) in [5, 5.41) is 0. The van der Waals surface area contributed by atoms with Crippen molar-refractivity contribution in [2.45, 2.75) is 51.6 Å². The smallest absolute Gasteiger partial charge is 0.490 e. The zero-order chi connectivity index (χ0) is 14.2. The van der Waals surface area contributed by atoms with Gasteiger partial charge in [-0.25, -0.2) is 0 Å². The first-order chi connectivity index (χ1) is 9.79. The summed E-state index contributed by atoms with van der Waals surface area (Å²) in [6.45, 7) is 2.38. The summed E-state index contributed by atoms with van der Waals surface area (Å²) in [5.74, 6) is 0.958. The summed E-state index contributed by atoms with van der Waals surface area (Å²) in [6.07, 6.45) is 7.84. The molecule has 20 heavy (non-hydrogen) atoms. The second kappa shape index (κ2) is 8.39. The van der Waals surface area contributed by atoms with Gasteiger partial charge >= 0.3 is 8.03 Å². The molecule has 1 saturated carbocycles. The number of rotatable bonds is 7. The van der Waals surface area contributed by atoms with E-state index in [2.05, 4.69) is 6.07 Å². The minimum absolute atomic E-state index is 0.352. The van der Waals surface area contributed by atoms with Crippen LogP contribution in [0.25, 0.3) is 0 Å². The second-order valence-corrected chi connectivity index (χ2v) is 6.58. The van der Waals surface area contributed by atoms with Crippen molar-refractivity contribution in [1.29, 1.82) is 0 Å². The molecule has 0 spiro atoms. The normalized spacial score (nSPS) is 16.9. The Kier molecular flexibility index (Phi) is 6.49. The zero-order valence-corrected chi connectivity index (χ0v) is 13.1. The highest BCUT2D eigenvalue weighted by atomic mass is 31.1. The summed E-state index contributed by atoms with van der Waals surface area (Å²) in [6, 6.07) is 8.10. The Balaban J connectivity index is 1.93. The fourth-order valence-corrected chi connectivity index (χ4v) is 3.45. The summed E-state index contributed by atoms with van der Waals surface area (Å²) in [4.78, 5) is 0. The molecule has 2 rings (SSSR count). The maximum atomic E-state index is 11.6. The van der Waals surface area contributed by atoms with Gasteiger partial charge in [0.25, 0.3) is 0 Å². The van der Waals surface area contributed by atoms with E-state index in [1.165, 1.54) is 19.3 Å². The van der Waals surface area contributed by atoms with Gasteiger partial charge in [-0.05, 0) is 48.8 Å². The van der Waals surface area contributed by atoms with Gasteiger partial charge in [0, 0.05) is 6.42 Å². The van der Waals surface area contributed by atoms with Gasteiger partial charge in [-0.15, -0.1) is 4.52 Å². The maximum Gasteiger partial charge on any atom is 0.508 e. The predicted octanol–water partition coefficient (Wildman–Crippen LogP) is 4.72. The van der Waals surface area contributed by atoms with Crippen LogP contribution in [0, 0.1) is 0 Å². The van der Waals surface area contributed by atoms with Crippen molar-refractivity contribution in [2.75, 3.05) is 12.8 Å². The standard InChI is InChI=1S/C16H24O3P/c1-2-18-20(17)13-12-14-8-6-7-11-16(14)19-15-9-4-3-5-10-15/h6-8,11,15H,2-5,9-10,12-13H2,1H3/q+1. The van der Waals surface area contributed by atoms with Gasteiger partial charge in [0.15, 0.2) is 6.16 Å². The van der Waals surface area contributed by atoms with Crippen LogP contribution in [0.15, 0.2) is 24.3 Å². The molecule has 0 saturated heterocycles. The van der Waals surface area contributed by atoms with Gasteiger partial charge < -0.3 is 4.74 Å². The molecule has 1 atom stereocenters. The average Bonchev–Trinajstić information content (AvgIpc) is 2.48. The van der Waals surface area contributed by atoms with Crippen molar-refractivity contribution < 1.29 is 13.8 Å². The molecule has 1 aromatic carbocycles. The Morgan fingerprint density at radius 2 is 1.95 bits per heavy atom. The molecule has 4 heteroatoms. The molecule has 0 bridgehead atoms. The molecule has 110 valence electrons. The first kappa shape index (κ1) is 15.5. The third-order valence-corrected chi connectivity index (χ3v) is 4.79. The van der Waals surface area contributed by atoms with E-state index in [4.69, 9.17) is 9.26 Å². The third kappa shape index (κ3) is 4.88. The topological polar surface area (TPSA) is 35.5 Å². The molecular weight excluding hydrogens is 271 g/mol. The minimum Gasteiger partial charge on any atom is -0.490 e. The molecule has 0 N–H and O–H groups in total. The average molecular weight is 295 g/mol. The van der Waals surface area contributed by atoms with Crippen LogP contribution >= 0.6 is 8.03 Å². The Hall–Kier alpha value is -0.920. The molecular formula is C16H24O3P+. The second-order valence-electron chi connectivity index (χ2n) is 5.21. The van der Waals surface area contributed by atoms with Crippen molar-refractivity contribution >= 4 is 8.03 Å². The monoisotopic (exact) mass is 295 g/mol. The third-order valence-electron chi connectivity index (χ3n) is 3.66. The Bertz CT molecular complexity index is 427. The van der Waals surface area contributed by atoms with Crippen LogP contribution in [-0.4, -0.2) is 18.9 Å². The number of hydrogen-bond donors (Lipinski definition) is 0. The molecule has 1 aliphatic rings. The van der Waals surface area contributed by atoms with Crippen LogP contribution in [0.4, 0.5) is 0 Å². The molecule has 3 nitrogen and oxygen atoms in total. The summed E-state index contributed by atoms with van der Waals surface area (Å²) >= 11 is 0. The molecule has 0 aliphatic heterocycles. The summed E-state index contributed by atoms with van der Waals surface area (Å²) in [5.41, 5.74) is 1.14. The van der Waals surface area contributed by atoms with Crippen LogP contribution < -0.4 is 4.74 Å². The molecule has 0 radical (unpaired) electrons. The maximum absolute atomic E-state index is 11.6. The van der Waals surface area contributed by atoms with Crippen molar-refractivity contribution in [3.8, 4) is 5.75 Å². The van der Waals surface area contributed by atoms with Gasteiger partial charge in [0.05, 0.1) is 12.7 Å². The number of hydrogen-bond acceptors (Lipinski definition) is 3. The first-order valence-corrected chi connectivity index (χ1v) is 8.98. The lowest BCUT2D eigenvalue weighted by Gasteiger charge is -2.24. The summed E-state index contributed by atoms with van der Waals surface area (Å²) < 4.78 is 22.9. The van der Waals surface area contributed by atoms with Gasteiger partial charge in [-0.3, -0.25) is 0 Å². The highest BCUT2D eigenvalue weighted by Crippen LogP contribution is 2.29. The van der Waals surface area contributed by atoms with Gasteiger partial charge in [-0.1, -0.05) is 24.6 Å². The van der Waals surface area contributed by atoms with Crippen molar-refractivity contribution in [3.63, 3.8) is 0 Å². The lowest BCUT2D eigenvalue weighted by molar-refractivity contribution is 0.153. The zero-order valence-electron chi connectivity index (χ0n) is 12.2. The fourth-order valence-electron chi connectivity index (χ4n) is 2.61. The van der Waals surface area contributed by atoms with Crippen molar-refractivity contribution in [1.82, 2.24) is 0 Å². The highest BCUT2D eigenvalue weighted by molar-refractivity contribution is 7.39. The van der Waals surface area contributed by atoms with Crippen molar-refractivity contribution in [2.24, 2.45) is 0 Å². The quantitative estimate of drug-likeness (QED) is 0.683. The molecule has 0 amide bonds. The van der Waals surface area contributed by atoms with Crippen LogP contribution in [0.2, 0.25) is 0 Å². The van der Waals surface area contributed by atoms with Gasteiger partial charge in [0.1, 0.15) is 5.75 Å². The SMILES string of the molecule is CCO[P+](=O)CCc1ccccc1OC1CCCCC1. The van der Waals surface area contributed by atoms with E-state index >= 15 is 0 Å². The van der Waals surface area contributed by atoms with Crippen LogP contribution in [-0.2, 0) is 15.5 Å². The van der Waals surface area contributed by atoms with E-state index in [0.29, 0.717) is 18.9 Å². The van der Waals surface area contributed by atoms with E-state index in [9.17, 15) is 4.57 Å². The van der Waals surface area contributed by atoms with E-state index < -0.39 is 8.03 Å². The fraction of sp³-hybridized carbons (Fsp3) is 0.625. The van der Waals surface area contributed by atoms with Crippen LogP contribution in [0.1, 0.15) is 44.6 Å². The Labute approximate surface area is 122 Å². The Morgan fingerprint density at radius 3 is 2.70 bits per heavy atom. The molecule has 1 fully saturated rings. The molecule has 1 aliphatic carbocycles. The molecule has 0 aromatic heterocycles. The van der Waals surface area contributed by atoms with Crippen LogP contribution in [0.3, 0.4) is 0 Å².